The minimum absolute atomic E-state index is 0.802. The molecular weight excluding hydrogens is 204 g/mol. The summed E-state index contributed by atoms with van der Waals surface area (Å²) in [6, 6.07) is 8.29. The fourth-order valence-corrected chi connectivity index (χ4v) is 1.67. The van der Waals surface area contributed by atoms with Crippen LogP contribution >= 0.6 is 12.2 Å². The third-order valence-corrected chi connectivity index (χ3v) is 2.91. The van der Waals surface area contributed by atoms with Gasteiger partial charge in [0.25, 0.3) is 0 Å². The van der Waals surface area contributed by atoms with Crippen molar-refractivity contribution in [1.82, 2.24) is 10.3 Å². The van der Waals surface area contributed by atoms with Gasteiger partial charge in [-0.2, -0.15) is 0 Å². The van der Waals surface area contributed by atoms with E-state index in [0.29, 0.717) is 0 Å². The molecule has 0 unspecified atom stereocenters. The summed E-state index contributed by atoms with van der Waals surface area (Å²) in [7, 11) is 0. The summed E-state index contributed by atoms with van der Waals surface area (Å²) in [5, 5.41) is 4.51. The second kappa shape index (κ2) is 4.45. The minimum Gasteiger partial charge on any atom is -0.376 e. The second-order valence-corrected chi connectivity index (χ2v) is 3.98. The van der Waals surface area contributed by atoms with E-state index in [-0.39, 0.29) is 0 Å². The van der Waals surface area contributed by atoms with Crippen molar-refractivity contribution >= 4 is 28.1 Å². The summed E-state index contributed by atoms with van der Waals surface area (Å²) in [5.41, 5.74) is 2.44. The van der Waals surface area contributed by atoms with E-state index in [4.69, 9.17) is 12.2 Å². The van der Waals surface area contributed by atoms with Crippen LogP contribution in [0.1, 0.15) is 18.9 Å². The van der Waals surface area contributed by atoms with E-state index in [1.165, 1.54) is 16.5 Å². The molecule has 0 bridgehead atoms. The maximum Gasteiger partial charge on any atom is 0.0753 e. The zero-order valence-corrected chi connectivity index (χ0v) is 9.53. The van der Waals surface area contributed by atoms with Gasteiger partial charge in [-0.1, -0.05) is 37.3 Å². The van der Waals surface area contributed by atoms with Crippen LogP contribution in [-0.2, 0) is 6.54 Å². The molecule has 0 aliphatic heterocycles. The van der Waals surface area contributed by atoms with E-state index in [2.05, 4.69) is 35.4 Å². The Morgan fingerprint density at radius 3 is 3.00 bits per heavy atom. The van der Waals surface area contributed by atoms with E-state index in [1.807, 2.05) is 12.3 Å². The quantitative estimate of drug-likeness (QED) is 0.775. The number of aromatic nitrogens is 1. The van der Waals surface area contributed by atoms with Gasteiger partial charge in [0, 0.05) is 23.6 Å². The summed E-state index contributed by atoms with van der Waals surface area (Å²) in [5.74, 6) is 0. The normalized spacial score (nSPS) is 10.5. The van der Waals surface area contributed by atoms with Crippen LogP contribution in [0.5, 0.6) is 0 Å². The molecule has 0 aliphatic carbocycles. The number of benzene rings is 1. The topological polar surface area (TPSA) is 27.8 Å². The first kappa shape index (κ1) is 10.2. The average Bonchev–Trinajstić information content (AvgIpc) is 2.69. The van der Waals surface area contributed by atoms with Crippen LogP contribution in [0.2, 0.25) is 0 Å². The molecule has 0 radical (unpaired) electrons. The minimum atomic E-state index is 0.802. The van der Waals surface area contributed by atoms with Gasteiger partial charge in [-0.05, 0) is 18.1 Å². The number of H-pyrrole nitrogens is 1. The smallest absolute Gasteiger partial charge is 0.0753 e. The van der Waals surface area contributed by atoms with Gasteiger partial charge < -0.3 is 10.3 Å². The molecule has 2 nitrogen and oxygen atoms in total. The van der Waals surface area contributed by atoms with Crippen molar-refractivity contribution in [3.8, 4) is 0 Å². The molecule has 0 spiro atoms. The Bertz CT molecular complexity index is 473. The van der Waals surface area contributed by atoms with Crippen LogP contribution in [0.3, 0.4) is 0 Å². The summed E-state index contributed by atoms with van der Waals surface area (Å²) in [4.78, 5) is 4.16. The molecule has 1 aromatic carbocycles. The summed E-state index contributed by atoms with van der Waals surface area (Å²) < 4.78 is 0. The number of aromatic amines is 1. The van der Waals surface area contributed by atoms with Crippen LogP contribution in [-0.4, -0.2) is 9.97 Å². The van der Waals surface area contributed by atoms with Crippen molar-refractivity contribution < 1.29 is 0 Å². The lowest BCUT2D eigenvalue weighted by Gasteiger charge is -2.04. The molecule has 0 saturated heterocycles. The van der Waals surface area contributed by atoms with E-state index in [0.717, 1.165) is 18.0 Å². The van der Waals surface area contributed by atoms with Gasteiger partial charge in [0.15, 0.2) is 0 Å². The Kier molecular flexibility index (Phi) is 3.02. The summed E-state index contributed by atoms with van der Waals surface area (Å²) >= 11 is 5.13. The lowest BCUT2D eigenvalue weighted by atomic mass is 10.2. The van der Waals surface area contributed by atoms with Gasteiger partial charge >= 0.3 is 0 Å². The highest BCUT2D eigenvalue weighted by molar-refractivity contribution is 7.80. The van der Waals surface area contributed by atoms with Crippen molar-refractivity contribution in [2.75, 3.05) is 0 Å². The first-order chi connectivity index (χ1) is 7.31. The lowest BCUT2D eigenvalue weighted by molar-refractivity contribution is 0.914. The molecule has 1 aromatic heterocycles. The highest BCUT2D eigenvalue weighted by Gasteiger charge is 2.02. The van der Waals surface area contributed by atoms with E-state index < -0.39 is 0 Å². The predicted molar refractivity (Wildman–Crippen MR) is 68.0 cm³/mol. The largest absolute Gasteiger partial charge is 0.376 e. The molecule has 2 rings (SSSR count). The molecular formula is C12H14N2S. The number of para-hydroxylation sites is 1. The number of hydrogen-bond acceptors (Lipinski definition) is 1. The molecule has 0 atom stereocenters. The molecule has 78 valence electrons. The molecule has 0 fully saturated rings. The van der Waals surface area contributed by atoms with Gasteiger partial charge in [0.1, 0.15) is 0 Å². The molecule has 2 N–H and O–H groups in total. The zero-order chi connectivity index (χ0) is 10.7. The summed E-state index contributed by atoms with van der Waals surface area (Å²) in [6.45, 7) is 2.86. The van der Waals surface area contributed by atoms with Crippen LogP contribution < -0.4 is 5.32 Å². The second-order valence-electron chi connectivity index (χ2n) is 3.49. The SMILES string of the molecule is CCC(=S)NCc1c[nH]c2ccccc12. The Morgan fingerprint density at radius 1 is 1.40 bits per heavy atom. The fraction of sp³-hybridized carbons (Fsp3) is 0.250. The maximum absolute atomic E-state index is 5.13. The molecule has 3 heteroatoms. The monoisotopic (exact) mass is 218 g/mol. The van der Waals surface area contributed by atoms with Crippen molar-refractivity contribution in [2.45, 2.75) is 19.9 Å². The van der Waals surface area contributed by atoms with E-state index in [9.17, 15) is 0 Å². The Hall–Kier alpha value is -1.35. The molecule has 0 aliphatic rings. The number of rotatable bonds is 3. The highest BCUT2D eigenvalue weighted by atomic mass is 32.1. The fourth-order valence-electron chi connectivity index (χ4n) is 1.60. The van der Waals surface area contributed by atoms with Gasteiger partial charge in [0.05, 0.1) is 4.99 Å². The molecule has 0 saturated carbocycles. The van der Waals surface area contributed by atoms with Crippen molar-refractivity contribution in [3.63, 3.8) is 0 Å². The molecule has 2 aromatic rings. The summed E-state index contributed by atoms with van der Waals surface area (Å²) in [6.07, 6.45) is 2.94. The molecule has 1 heterocycles. The Balaban J connectivity index is 2.18. The van der Waals surface area contributed by atoms with Crippen molar-refractivity contribution in [3.05, 3.63) is 36.0 Å². The van der Waals surface area contributed by atoms with Crippen LogP contribution in [0.25, 0.3) is 10.9 Å². The Labute approximate surface area is 94.7 Å². The van der Waals surface area contributed by atoms with E-state index >= 15 is 0 Å². The van der Waals surface area contributed by atoms with Gasteiger partial charge in [0.2, 0.25) is 0 Å². The number of fused-ring (bicyclic) bond motifs is 1. The van der Waals surface area contributed by atoms with Gasteiger partial charge in [-0.25, -0.2) is 0 Å². The van der Waals surface area contributed by atoms with Gasteiger partial charge in [-0.3, -0.25) is 0 Å². The molecule has 0 amide bonds. The van der Waals surface area contributed by atoms with Gasteiger partial charge in [-0.15, -0.1) is 0 Å². The number of thiocarbonyl (C=S) groups is 1. The average molecular weight is 218 g/mol. The van der Waals surface area contributed by atoms with Crippen molar-refractivity contribution in [2.24, 2.45) is 0 Å². The lowest BCUT2D eigenvalue weighted by Crippen LogP contribution is -2.19. The van der Waals surface area contributed by atoms with Crippen LogP contribution in [0.4, 0.5) is 0 Å². The van der Waals surface area contributed by atoms with Crippen molar-refractivity contribution in [1.29, 1.82) is 0 Å². The number of hydrogen-bond donors (Lipinski definition) is 2. The first-order valence-corrected chi connectivity index (χ1v) is 5.53. The predicted octanol–water partition coefficient (Wildman–Crippen LogP) is 2.99. The third-order valence-electron chi connectivity index (χ3n) is 2.47. The maximum atomic E-state index is 5.13. The third kappa shape index (κ3) is 2.18. The Morgan fingerprint density at radius 2 is 2.20 bits per heavy atom. The highest BCUT2D eigenvalue weighted by Crippen LogP contribution is 2.17. The zero-order valence-electron chi connectivity index (χ0n) is 8.71. The van der Waals surface area contributed by atoms with Crippen LogP contribution in [0, 0.1) is 0 Å². The first-order valence-electron chi connectivity index (χ1n) is 5.13. The van der Waals surface area contributed by atoms with Crippen LogP contribution in [0.15, 0.2) is 30.5 Å². The molecule has 15 heavy (non-hydrogen) atoms. The van der Waals surface area contributed by atoms with E-state index in [1.54, 1.807) is 0 Å². The number of nitrogens with one attached hydrogen (secondary N) is 2. The standard InChI is InChI=1S/C12H14N2S/c1-2-12(15)14-8-9-7-13-11-6-4-3-5-10(9)11/h3-7,13H,2,8H2,1H3,(H,14,15).